The van der Waals surface area contributed by atoms with Crippen molar-refractivity contribution in [2.24, 2.45) is 5.41 Å². The molecule has 6 rings (SSSR count). The van der Waals surface area contributed by atoms with Gasteiger partial charge in [0.15, 0.2) is 0 Å². The van der Waals surface area contributed by atoms with E-state index in [1.54, 1.807) is 0 Å². The Labute approximate surface area is 252 Å². The second-order valence-electron chi connectivity index (χ2n) is 13.8. The van der Waals surface area contributed by atoms with E-state index in [4.69, 9.17) is 0 Å². The predicted molar refractivity (Wildman–Crippen MR) is 181 cm³/mol. The first-order chi connectivity index (χ1) is 19.9. The van der Waals surface area contributed by atoms with Crippen LogP contribution in [0, 0.1) is 19.3 Å². The van der Waals surface area contributed by atoms with Gasteiger partial charge >= 0.3 is 0 Å². The van der Waals surface area contributed by atoms with Crippen molar-refractivity contribution >= 4 is 17.1 Å². The molecule has 1 nitrogen and oxygen atoms in total. The van der Waals surface area contributed by atoms with Crippen molar-refractivity contribution in [3.8, 4) is 22.3 Å². The van der Waals surface area contributed by atoms with Crippen LogP contribution in [0.5, 0.6) is 0 Å². The van der Waals surface area contributed by atoms with Gasteiger partial charge in [0.1, 0.15) is 0 Å². The second kappa shape index (κ2) is 10.0. The monoisotopic (exact) mass is 549 g/mol. The van der Waals surface area contributed by atoms with Crippen molar-refractivity contribution in [1.29, 1.82) is 0 Å². The van der Waals surface area contributed by atoms with Gasteiger partial charge in [-0.15, -0.1) is 0 Å². The fraction of sp³-hybridized carbons (Fsp3) is 0.268. The molecule has 0 bridgehead atoms. The molecule has 0 heterocycles. The number of rotatable bonds is 5. The van der Waals surface area contributed by atoms with Gasteiger partial charge in [0.05, 0.1) is 0 Å². The van der Waals surface area contributed by atoms with Crippen molar-refractivity contribution in [3.05, 3.63) is 138 Å². The Morgan fingerprint density at radius 1 is 0.405 bits per heavy atom. The first kappa shape index (κ1) is 28.0. The quantitative estimate of drug-likeness (QED) is 0.211. The Bertz CT molecular complexity index is 1700. The minimum Gasteiger partial charge on any atom is -0.310 e. The molecule has 0 fully saturated rings. The number of nitrogens with zero attached hydrogens (tertiary/aromatic N) is 1. The topological polar surface area (TPSA) is 3.24 Å². The minimum absolute atomic E-state index is 0.0281. The number of hydrogen-bond acceptors (Lipinski definition) is 1. The first-order valence-electron chi connectivity index (χ1n) is 15.2. The summed E-state index contributed by atoms with van der Waals surface area (Å²) in [6, 6.07) is 42.7. The highest BCUT2D eigenvalue weighted by Crippen LogP contribution is 2.62. The molecule has 0 aliphatic heterocycles. The molecule has 1 aliphatic rings. The zero-order valence-corrected chi connectivity index (χ0v) is 26.4. The molecule has 0 atom stereocenters. The molecule has 0 saturated heterocycles. The highest BCUT2D eigenvalue weighted by molar-refractivity contribution is 5.83. The van der Waals surface area contributed by atoms with E-state index in [-0.39, 0.29) is 16.2 Å². The van der Waals surface area contributed by atoms with Crippen LogP contribution in [0.3, 0.4) is 0 Å². The SMILES string of the molecule is Cc1cccc(-c2cccc(N(c3cccc(-c4cccc(C)c4)c3)c3ccc4c(c3)C(C)(C)C(C)(C)C4(C)C)c2)c1. The maximum Gasteiger partial charge on any atom is 0.0467 e. The van der Waals surface area contributed by atoms with E-state index < -0.39 is 0 Å². The summed E-state index contributed by atoms with van der Waals surface area (Å²) in [5.41, 5.74) is 14.1. The Kier molecular flexibility index (Phi) is 6.69. The fourth-order valence-corrected chi connectivity index (χ4v) is 6.93. The molecule has 0 radical (unpaired) electrons. The van der Waals surface area contributed by atoms with Crippen LogP contribution in [0.1, 0.15) is 63.8 Å². The van der Waals surface area contributed by atoms with E-state index in [0.29, 0.717) is 0 Å². The van der Waals surface area contributed by atoms with Crippen molar-refractivity contribution in [2.75, 3.05) is 4.90 Å². The Hall–Kier alpha value is -4.10. The lowest BCUT2D eigenvalue weighted by Gasteiger charge is -2.44. The van der Waals surface area contributed by atoms with E-state index in [2.05, 4.69) is 176 Å². The number of hydrogen-bond donors (Lipinski definition) is 0. The van der Waals surface area contributed by atoms with E-state index in [1.807, 2.05) is 0 Å². The Balaban J connectivity index is 1.55. The van der Waals surface area contributed by atoms with E-state index in [9.17, 15) is 0 Å². The summed E-state index contributed by atoms with van der Waals surface area (Å²) in [7, 11) is 0. The molecule has 1 heteroatoms. The third-order valence-electron chi connectivity index (χ3n) is 10.6. The Morgan fingerprint density at radius 2 is 0.810 bits per heavy atom. The van der Waals surface area contributed by atoms with Gasteiger partial charge in [-0.3, -0.25) is 0 Å². The number of fused-ring (bicyclic) bond motifs is 1. The molecule has 212 valence electrons. The van der Waals surface area contributed by atoms with Crippen molar-refractivity contribution in [3.63, 3.8) is 0 Å². The minimum atomic E-state index is 0.0281. The van der Waals surface area contributed by atoms with Gasteiger partial charge < -0.3 is 4.90 Å². The van der Waals surface area contributed by atoms with E-state index >= 15 is 0 Å². The molecule has 0 unspecified atom stereocenters. The molecule has 0 amide bonds. The zero-order valence-electron chi connectivity index (χ0n) is 26.4. The lowest BCUT2D eigenvalue weighted by molar-refractivity contribution is 0.125. The lowest BCUT2D eigenvalue weighted by Crippen LogP contribution is -2.42. The summed E-state index contributed by atoms with van der Waals surface area (Å²) in [5, 5.41) is 0. The molecular formula is C41H43N. The van der Waals surface area contributed by atoms with Gasteiger partial charge in [-0.1, -0.05) is 132 Å². The van der Waals surface area contributed by atoms with E-state index in [0.717, 1.165) is 11.4 Å². The third kappa shape index (κ3) is 4.47. The molecule has 0 spiro atoms. The van der Waals surface area contributed by atoms with E-state index in [1.165, 1.54) is 50.2 Å². The van der Waals surface area contributed by atoms with Crippen LogP contribution in [-0.2, 0) is 10.8 Å². The first-order valence-corrected chi connectivity index (χ1v) is 15.2. The summed E-state index contributed by atoms with van der Waals surface area (Å²) in [6.45, 7) is 18.8. The second-order valence-corrected chi connectivity index (χ2v) is 13.8. The van der Waals surface area contributed by atoms with Gasteiger partial charge in [0.25, 0.3) is 0 Å². The molecular weight excluding hydrogens is 506 g/mol. The van der Waals surface area contributed by atoms with Gasteiger partial charge in [0, 0.05) is 17.1 Å². The molecule has 0 saturated carbocycles. The van der Waals surface area contributed by atoms with Gasteiger partial charge in [-0.2, -0.15) is 0 Å². The molecule has 0 N–H and O–H groups in total. The summed E-state index contributed by atoms with van der Waals surface area (Å²) in [5.74, 6) is 0. The molecule has 0 aromatic heterocycles. The fourth-order valence-electron chi connectivity index (χ4n) is 6.93. The summed E-state index contributed by atoms with van der Waals surface area (Å²) in [6.07, 6.45) is 0. The van der Waals surface area contributed by atoms with Crippen LogP contribution in [0.15, 0.2) is 115 Å². The van der Waals surface area contributed by atoms with Crippen LogP contribution in [0.4, 0.5) is 17.1 Å². The maximum atomic E-state index is 2.46. The van der Waals surface area contributed by atoms with Crippen LogP contribution in [0.2, 0.25) is 0 Å². The number of anilines is 3. The van der Waals surface area contributed by atoms with Crippen LogP contribution in [-0.4, -0.2) is 0 Å². The average Bonchev–Trinajstić information content (AvgIpc) is 3.07. The van der Waals surface area contributed by atoms with Crippen LogP contribution < -0.4 is 4.90 Å². The van der Waals surface area contributed by atoms with Crippen molar-refractivity contribution in [1.82, 2.24) is 0 Å². The standard InChI is InChI=1S/C41H43N/c1-28-13-9-15-30(23-28)32-17-11-19-34(25-32)42(35-20-12-18-33(26-35)31-16-10-14-29(2)24-31)36-21-22-37-38(27-36)40(5,6)41(7,8)39(37,3)4/h9-27H,1-8H3. The smallest absolute Gasteiger partial charge is 0.0467 e. The summed E-state index contributed by atoms with van der Waals surface area (Å²) in [4.78, 5) is 2.44. The number of benzene rings is 5. The van der Waals surface area contributed by atoms with Crippen LogP contribution >= 0.6 is 0 Å². The maximum absolute atomic E-state index is 2.46. The third-order valence-corrected chi connectivity index (χ3v) is 10.6. The molecule has 5 aromatic rings. The highest BCUT2D eigenvalue weighted by Gasteiger charge is 2.56. The van der Waals surface area contributed by atoms with Crippen LogP contribution in [0.25, 0.3) is 22.3 Å². The summed E-state index contributed by atoms with van der Waals surface area (Å²) >= 11 is 0. The normalized spacial score (nSPS) is 16.2. The zero-order chi connectivity index (χ0) is 29.9. The summed E-state index contributed by atoms with van der Waals surface area (Å²) < 4.78 is 0. The van der Waals surface area contributed by atoms with Gasteiger partial charge in [-0.25, -0.2) is 0 Å². The molecule has 5 aromatic carbocycles. The number of aryl methyl sites for hydroxylation is 2. The average molecular weight is 550 g/mol. The molecule has 42 heavy (non-hydrogen) atoms. The lowest BCUT2D eigenvalue weighted by atomic mass is 9.59. The largest absolute Gasteiger partial charge is 0.310 e. The highest BCUT2D eigenvalue weighted by atomic mass is 15.1. The van der Waals surface area contributed by atoms with Crippen molar-refractivity contribution in [2.45, 2.75) is 66.2 Å². The molecule has 1 aliphatic carbocycles. The van der Waals surface area contributed by atoms with Gasteiger partial charge in [0.2, 0.25) is 0 Å². The Morgan fingerprint density at radius 3 is 1.29 bits per heavy atom. The predicted octanol–water partition coefficient (Wildman–Crippen LogP) is 11.7. The van der Waals surface area contributed by atoms with Crippen molar-refractivity contribution < 1.29 is 0 Å². The van der Waals surface area contributed by atoms with Gasteiger partial charge in [-0.05, 0) is 99.9 Å².